The first-order chi connectivity index (χ1) is 15.8. The summed E-state index contributed by atoms with van der Waals surface area (Å²) in [5.41, 5.74) is 6.05. The van der Waals surface area contributed by atoms with Crippen LogP contribution < -0.4 is 25.9 Å². The van der Waals surface area contributed by atoms with Crippen molar-refractivity contribution in [2.24, 2.45) is 4.99 Å². The van der Waals surface area contributed by atoms with Crippen LogP contribution in [-0.2, 0) is 4.74 Å². The van der Waals surface area contributed by atoms with E-state index >= 15 is 0 Å². The van der Waals surface area contributed by atoms with Crippen molar-refractivity contribution in [2.45, 2.75) is 0 Å². The summed E-state index contributed by atoms with van der Waals surface area (Å²) in [6.07, 6.45) is 1.81. The fraction of sp³-hybridized carbons (Fsp3) is 0.0769. The number of benzene rings is 3. The lowest BCUT2D eigenvalue weighted by molar-refractivity contribution is 0.348. The highest BCUT2D eigenvalue weighted by Gasteiger charge is 2.40. The molecule has 0 unspecified atom stereocenters. The molecule has 0 amide bonds. The third-order valence-electron chi connectivity index (χ3n) is 6.18. The Kier molecular flexibility index (Phi) is 3.70. The number of rotatable bonds is 2. The molecule has 3 aromatic carbocycles. The minimum atomic E-state index is 0.0804. The second-order valence-electron chi connectivity index (χ2n) is 8.07. The Hall–Kier alpha value is -4.06. The Bertz CT molecular complexity index is 1340. The molecule has 0 saturated carbocycles. The summed E-state index contributed by atoms with van der Waals surface area (Å²) in [5.74, 6) is 4.04. The van der Waals surface area contributed by atoms with Gasteiger partial charge in [-0.05, 0) is 47.3 Å². The third kappa shape index (κ3) is 2.59. The average molecular weight is 416 g/mol. The molecule has 4 heterocycles. The highest BCUT2D eigenvalue weighted by Crippen LogP contribution is 2.37. The van der Waals surface area contributed by atoms with Crippen LogP contribution in [0.5, 0.6) is 23.0 Å². The molecule has 0 fully saturated rings. The van der Waals surface area contributed by atoms with Gasteiger partial charge in [0.2, 0.25) is 5.90 Å². The Morgan fingerprint density at radius 3 is 2.00 bits per heavy atom. The normalized spacial score (nSPS) is 14.9. The van der Waals surface area contributed by atoms with Crippen molar-refractivity contribution in [3.05, 3.63) is 84.6 Å². The van der Waals surface area contributed by atoms with E-state index in [9.17, 15) is 0 Å². The Balaban J connectivity index is 1.38. The molecule has 3 aliphatic heterocycles. The Morgan fingerprint density at radius 2 is 1.41 bits per heavy atom. The van der Waals surface area contributed by atoms with Gasteiger partial charge in [0, 0.05) is 17.2 Å². The molecule has 152 valence electrons. The van der Waals surface area contributed by atoms with E-state index in [1.807, 2.05) is 36.4 Å². The monoisotopic (exact) mass is 416 g/mol. The van der Waals surface area contributed by atoms with Crippen molar-refractivity contribution in [3.8, 4) is 34.3 Å². The minimum absolute atomic E-state index is 0.0804. The van der Waals surface area contributed by atoms with E-state index in [2.05, 4.69) is 46.4 Å². The summed E-state index contributed by atoms with van der Waals surface area (Å²) in [4.78, 5) is 9.04. The molecule has 7 rings (SSSR count). The maximum absolute atomic E-state index is 6.36. The first-order valence-electron chi connectivity index (χ1n) is 10.7. The summed E-state index contributed by atoms with van der Waals surface area (Å²) in [6, 6.07) is 24.6. The van der Waals surface area contributed by atoms with E-state index in [1.165, 1.54) is 0 Å². The molecule has 0 aliphatic carbocycles. The van der Waals surface area contributed by atoms with Gasteiger partial charge in [0.25, 0.3) is 6.71 Å². The second-order valence-corrected chi connectivity index (χ2v) is 8.07. The fourth-order valence-electron chi connectivity index (χ4n) is 4.74. The summed E-state index contributed by atoms with van der Waals surface area (Å²) >= 11 is 0. The van der Waals surface area contributed by atoms with E-state index in [-0.39, 0.29) is 6.71 Å². The van der Waals surface area contributed by atoms with Gasteiger partial charge in [-0.25, -0.2) is 4.99 Å². The van der Waals surface area contributed by atoms with Gasteiger partial charge in [-0.2, -0.15) is 0 Å². The van der Waals surface area contributed by atoms with Gasteiger partial charge in [0.15, 0.2) is 0 Å². The van der Waals surface area contributed by atoms with E-state index in [4.69, 9.17) is 14.2 Å². The molecular formula is C26H17BN2O3. The van der Waals surface area contributed by atoms with Crippen molar-refractivity contribution in [1.82, 2.24) is 4.98 Å². The van der Waals surface area contributed by atoms with Gasteiger partial charge in [-0.3, -0.25) is 4.98 Å². The predicted molar refractivity (Wildman–Crippen MR) is 125 cm³/mol. The van der Waals surface area contributed by atoms with Crippen LogP contribution in [0.4, 0.5) is 0 Å². The molecule has 4 aromatic rings. The van der Waals surface area contributed by atoms with Gasteiger partial charge >= 0.3 is 0 Å². The van der Waals surface area contributed by atoms with Crippen LogP contribution in [0.1, 0.15) is 5.56 Å². The number of hydrogen-bond donors (Lipinski definition) is 0. The number of fused-ring (bicyclic) bond motifs is 4. The summed E-state index contributed by atoms with van der Waals surface area (Å²) < 4.78 is 18.3. The molecule has 5 nitrogen and oxygen atoms in total. The van der Waals surface area contributed by atoms with E-state index in [1.54, 1.807) is 6.20 Å². The van der Waals surface area contributed by atoms with Crippen LogP contribution in [0.3, 0.4) is 0 Å². The molecule has 0 atom stereocenters. The SMILES string of the molecule is c1ccc2c(c1)Oc1cc(-c3ccc(C4=NCCO4)cn3)cc3c1B2c1ccccc1O3. The van der Waals surface area contributed by atoms with Crippen LogP contribution >= 0.6 is 0 Å². The van der Waals surface area contributed by atoms with Gasteiger partial charge in [-0.15, -0.1) is 0 Å². The zero-order valence-electron chi connectivity index (χ0n) is 17.1. The molecule has 1 aromatic heterocycles. The molecule has 6 heteroatoms. The standard InChI is InChI=1S/C26H17BN2O3/c1-3-7-21-18(5-1)27-19-6-2-4-8-22(19)32-24-14-17(13-23(31-21)25(24)27)20-10-9-16(15-29-20)26-28-11-12-30-26/h1-10,13-15H,11-12H2. The van der Waals surface area contributed by atoms with Crippen molar-refractivity contribution >= 4 is 29.0 Å². The molecule has 0 bridgehead atoms. The molecule has 3 aliphatic rings. The first-order valence-corrected chi connectivity index (χ1v) is 10.7. The molecular weight excluding hydrogens is 399 g/mol. The molecule has 0 radical (unpaired) electrons. The number of pyridine rings is 1. The summed E-state index contributed by atoms with van der Waals surface area (Å²) in [5, 5.41) is 0. The average Bonchev–Trinajstić information content (AvgIpc) is 3.39. The predicted octanol–water partition coefficient (Wildman–Crippen LogP) is 3.25. The number of para-hydroxylation sites is 2. The maximum Gasteiger partial charge on any atom is 0.260 e. The Morgan fingerprint density at radius 1 is 0.719 bits per heavy atom. The lowest BCUT2D eigenvalue weighted by Crippen LogP contribution is -2.57. The second kappa shape index (κ2) is 6.72. The van der Waals surface area contributed by atoms with Crippen LogP contribution in [-0.4, -0.2) is 30.7 Å². The first kappa shape index (κ1) is 17.6. The Labute approximate surface area is 185 Å². The quantitative estimate of drug-likeness (QED) is 0.407. The molecule has 0 saturated heterocycles. The van der Waals surface area contributed by atoms with Crippen LogP contribution in [0.2, 0.25) is 0 Å². The van der Waals surface area contributed by atoms with Gasteiger partial charge in [-0.1, -0.05) is 36.4 Å². The van der Waals surface area contributed by atoms with Gasteiger partial charge < -0.3 is 14.2 Å². The molecule has 0 spiro atoms. The zero-order valence-corrected chi connectivity index (χ0v) is 17.1. The van der Waals surface area contributed by atoms with Gasteiger partial charge in [0.05, 0.1) is 17.8 Å². The van der Waals surface area contributed by atoms with Crippen molar-refractivity contribution in [3.63, 3.8) is 0 Å². The van der Waals surface area contributed by atoms with Crippen molar-refractivity contribution in [1.29, 1.82) is 0 Å². The van der Waals surface area contributed by atoms with Crippen molar-refractivity contribution in [2.75, 3.05) is 13.2 Å². The van der Waals surface area contributed by atoms with E-state index < -0.39 is 0 Å². The number of aliphatic imine (C=N–C) groups is 1. The number of ether oxygens (including phenoxy) is 3. The van der Waals surface area contributed by atoms with Crippen molar-refractivity contribution < 1.29 is 14.2 Å². The number of hydrogen-bond acceptors (Lipinski definition) is 5. The third-order valence-corrected chi connectivity index (χ3v) is 6.18. The van der Waals surface area contributed by atoms with Crippen LogP contribution in [0.25, 0.3) is 11.3 Å². The van der Waals surface area contributed by atoms with E-state index in [0.29, 0.717) is 19.0 Å². The number of nitrogens with zero attached hydrogens (tertiary/aromatic N) is 2. The van der Waals surface area contributed by atoms with Crippen LogP contribution in [0.15, 0.2) is 84.0 Å². The van der Waals surface area contributed by atoms with Crippen LogP contribution in [0, 0.1) is 0 Å². The largest absolute Gasteiger partial charge is 0.475 e. The highest BCUT2D eigenvalue weighted by atomic mass is 16.5. The minimum Gasteiger partial charge on any atom is -0.475 e. The van der Waals surface area contributed by atoms with E-state index in [0.717, 1.165) is 56.2 Å². The number of aromatic nitrogens is 1. The maximum atomic E-state index is 6.36. The fourth-order valence-corrected chi connectivity index (χ4v) is 4.74. The zero-order chi connectivity index (χ0) is 21.1. The summed E-state index contributed by atoms with van der Waals surface area (Å²) in [7, 11) is 0. The lowest BCUT2D eigenvalue weighted by Gasteiger charge is -2.33. The summed E-state index contributed by atoms with van der Waals surface area (Å²) in [6.45, 7) is 1.41. The smallest absolute Gasteiger partial charge is 0.260 e. The van der Waals surface area contributed by atoms with Gasteiger partial charge in [0.1, 0.15) is 29.6 Å². The topological polar surface area (TPSA) is 52.9 Å². The molecule has 0 N–H and O–H groups in total. The lowest BCUT2D eigenvalue weighted by atomic mass is 9.35. The highest BCUT2D eigenvalue weighted by molar-refractivity contribution is 6.98. The molecule has 32 heavy (non-hydrogen) atoms.